The zero-order valence-electron chi connectivity index (χ0n) is 56.7. The molecule has 6 fully saturated rings. The lowest BCUT2D eigenvalue weighted by Crippen LogP contribution is -2.41. The molecule has 7 aromatic rings. The standard InChI is InChI=1S/C66H84B6O12S6/c1-55(2)56(3,4)74-67(73-55)43-31-25-37(85-43)49-50(38-26-32-44(86-38)68-75-57(5,6)58(7,8)76-68)52(40-28-34-46(88-40)70-79-61(13,14)62(15,16)80-70)54(42-30-36-48(90-42)72-83-65(21,22)66(23,24)84-72)53(41-29-35-47(89-41)71-81-63(17,18)64(19,20)82-71)51(49)39-27-33-45(87-39)69-77-59(9,10)60(11,12)78-69/h25-36H,1-24H3. The van der Waals surface area contributed by atoms with Crippen LogP contribution in [-0.2, 0) is 55.9 Å². The fourth-order valence-corrected chi connectivity index (χ4v) is 17.8. The van der Waals surface area contributed by atoms with Crippen molar-refractivity contribution in [3.05, 3.63) is 72.8 Å². The molecule has 0 unspecified atom stereocenters. The molecule has 24 heteroatoms. The van der Waals surface area contributed by atoms with Crippen LogP contribution < -0.4 is 28.7 Å². The molecule has 12 nitrogen and oxygen atoms in total. The largest absolute Gasteiger partial charge is 0.505 e. The van der Waals surface area contributed by atoms with Crippen LogP contribution in [0, 0.1) is 0 Å². The molecule has 0 atom stereocenters. The van der Waals surface area contributed by atoms with Crippen LogP contribution in [-0.4, -0.2) is 110 Å². The van der Waals surface area contributed by atoms with Crippen molar-refractivity contribution >= 4 is 139 Å². The van der Waals surface area contributed by atoms with Crippen molar-refractivity contribution in [2.24, 2.45) is 0 Å². The van der Waals surface area contributed by atoms with Gasteiger partial charge in [-0.15, -0.1) is 68.0 Å². The Labute approximate surface area is 559 Å². The molecule has 474 valence electrons. The highest BCUT2D eigenvalue weighted by atomic mass is 32.1. The third-order valence-corrected chi connectivity index (χ3v) is 28.4. The summed E-state index contributed by atoms with van der Waals surface area (Å²) in [4.78, 5) is 6.19. The summed E-state index contributed by atoms with van der Waals surface area (Å²) in [5.41, 5.74) is -0.540. The van der Waals surface area contributed by atoms with Crippen molar-refractivity contribution < 1.29 is 55.9 Å². The minimum absolute atomic E-state index is 0.566. The summed E-state index contributed by atoms with van der Waals surface area (Å²) >= 11 is 10.2. The molecule has 6 saturated heterocycles. The third-order valence-electron chi connectivity index (χ3n) is 21.7. The molecule has 0 N–H and O–H groups in total. The van der Waals surface area contributed by atoms with Crippen molar-refractivity contribution in [1.82, 2.24) is 0 Å². The Balaban J connectivity index is 1.16. The van der Waals surface area contributed by atoms with Crippen LogP contribution in [0.5, 0.6) is 0 Å². The van der Waals surface area contributed by atoms with Crippen LogP contribution in [0.1, 0.15) is 166 Å². The van der Waals surface area contributed by atoms with Crippen LogP contribution >= 0.6 is 68.0 Å². The van der Waals surface area contributed by atoms with Gasteiger partial charge in [0.1, 0.15) is 0 Å². The maximum atomic E-state index is 6.89. The molecule has 0 spiro atoms. The predicted molar refractivity (Wildman–Crippen MR) is 381 cm³/mol. The Hall–Kier alpha value is -2.67. The number of thiophene rings is 6. The lowest BCUT2D eigenvalue weighted by atomic mass is 9.82. The monoisotopic (exact) mass is 1330 g/mol. The molecule has 12 heterocycles. The number of benzene rings is 1. The van der Waals surface area contributed by atoms with E-state index in [0.717, 1.165) is 91.3 Å². The first-order valence-electron chi connectivity index (χ1n) is 31.4. The second-order valence-corrected chi connectivity index (χ2v) is 37.7. The Morgan fingerprint density at radius 2 is 0.278 bits per heavy atom. The van der Waals surface area contributed by atoms with E-state index in [1.54, 1.807) is 68.0 Å². The fraction of sp³-hybridized carbons (Fsp3) is 0.545. The lowest BCUT2D eigenvalue weighted by molar-refractivity contribution is 0.00578. The maximum absolute atomic E-state index is 6.89. The van der Waals surface area contributed by atoms with E-state index in [1.165, 1.54) is 0 Å². The van der Waals surface area contributed by atoms with Gasteiger partial charge in [0.25, 0.3) is 0 Å². The van der Waals surface area contributed by atoms with Crippen LogP contribution in [0.2, 0.25) is 0 Å². The van der Waals surface area contributed by atoms with Gasteiger partial charge in [0.15, 0.2) is 0 Å². The van der Waals surface area contributed by atoms with E-state index in [-0.39, 0.29) is 0 Å². The molecule has 1 aromatic carbocycles. The molecule has 90 heavy (non-hydrogen) atoms. The summed E-state index contributed by atoms with van der Waals surface area (Å²) in [5, 5.41) is 0. The van der Waals surface area contributed by atoms with Crippen LogP contribution in [0.3, 0.4) is 0 Å². The first-order chi connectivity index (χ1) is 41.4. The molecule has 0 bridgehead atoms. The minimum atomic E-state index is -0.605. The second-order valence-electron chi connectivity index (χ2n) is 31.0. The quantitative estimate of drug-likeness (QED) is 0.109. The third kappa shape index (κ3) is 10.8. The van der Waals surface area contributed by atoms with Gasteiger partial charge < -0.3 is 55.9 Å². The maximum Gasteiger partial charge on any atom is 0.505 e. The molecule has 6 aliphatic rings. The predicted octanol–water partition coefficient (Wildman–Crippen LogP) is 13.9. The molecular weight excluding hydrogens is 1240 g/mol. The minimum Gasteiger partial charge on any atom is -0.399 e. The summed E-state index contributed by atoms with van der Waals surface area (Å²) in [7, 11) is -3.63. The zero-order chi connectivity index (χ0) is 65.1. The smallest absolute Gasteiger partial charge is 0.399 e. The van der Waals surface area contributed by atoms with Gasteiger partial charge in [0, 0.05) is 91.3 Å². The highest BCUT2D eigenvalue weighted by Crippen LogP contribution is 2.60. The molecule has 0 saturated carbocycles. The van der Waals surface area contributed by atoms with Crippen LogP contribution in [0.4, 0.5) is 0 Å². The van der Waals surface area contributed by atoms with Gasteiger partial charge in [-0.1, -0.05) is 36.4 Å². The van der Waals surface area contributed by atoms with Gasteiger partial charge >= 0.3 is 42.7 Å². The van der Waals surface area contributed by atoms with Gasteiger partial charge in [-0.3, -0.25) is 0 Å². The molecule has 6 aliphatic heterocycles. The summed E-state index contributed by atoms with van der Waals surface area (Å²) in [6.07, 6.45) is 0. The zero-order valence-corrected chi connectivity index (χ0v) is 61.6. The first-order valence-corrected chi connectivity index (χ1v) is 36.3. The van der Waals surface area contributed by atoms with Crippen LogP contribution in [0.15, 0.2) is 72.8 Å². The number of hydrogen-bond donors (Lipinski definition) is 0. The van der Waals surface area contributed by atoms with E-state index >= 15 is 0 Å². The van der Waals surface area contributed by atoms with Crippen LogP contribution in [0.25, 0.3) is 62.6 Å². The van der Waals surface area contributed by atoms with Crippen molar-refractivity contribution in [3.63, 3.8) is 0 Å². The Morgan fingerprint density at radius 1 is 0.178 bits per heavy atom. The normalized spacial score (nSPS) is 24.4. The summed E-state index contributed by atoms with van der Waals surface area (Å²) in [6.45, 7) is 50.6. The molecule has 13 rings (SSSR count). The number of hydrogen-bond acceptors (Lipinski definition) is 18. The van der Waals surface area contributed by atoms with E-state index in [2.05, 4.69) is 239 Å². The highest BCUT2D eigenvalue weighted by Gasteiger charge is 2.58. The van der Waals surface area contributed by atoms with E-state index in [0.29, 0.717) is 0 Å². The van der Waals surface area contributed by atoms with E-state index in [4.69, 9.17) is 55.9 Å². The molecule has 0 aliphatic carbocycles. The highest BCUT2D eigenvalue weighted by molar-refractivity contribution is 7.29. The van der Waals surface area contributed by atoms with Crippen molar-refractivity contribution in [2.75, 3.05) is 0 Å². The Bertz CT molecular complexity index is 3190. The van der Waals surface area contributed by atoms with Gasteiger partial charge in [-0.2, -0.15) is 0 Å². The number of rotatable bonds is 12. The van der Waals surface area contributed by atoms with E-state index in [9.17, 15) is 0 Å². The Morgan fingerprint density at radius 3 is 0.378 bits per heavy atom. The Kier molecular flexibility index (Phi) is 15.7. The van der Waals surface area contributed by atoms with E-state index in [1.807, 2.05) is 0 Å². The summed E-state index contributed by atoms with van der Waals surface area (Å²) < 4.78 is 88.4. The van der Waals surface area contributed by atoms with Gasteiger partial charge in [-0.05, 0) is 203 Å². The van der Waals surface area contributed by atoms with Crippen molar-refractivity contribution in [2.45, 2.75) is 233 Å². The summed E-state index contributed by atoms with van der Waals surface area (Å²) in [5.74, 6) is 0. The average molecular weight is 1330 g/mol. The van der Waals surface area contributed by atoms with Gasteiger partial charge in [0.2, 0.25) is 0 Å². The first kappa shape index (κ1) is 66.0. The molecular formula is C66H84B6O12S6. The SMILES string of the molecule is CC1(C)OB(c2ccc(-c3c(-c4ccc(B5OC(C)(C)C(C)(C)O5)s4)c(-c4ccc(B5OC(C)(C)C(C)(C)O5)s4)c(-c4ccc(B5OC(C)(C)C(C)(C)O5)s4)c(-c4ccc(B5OC(C)(C)C(C)(C)O5)s4)c3-c3ccc(B4OC(C)(C)C(C)(C)O4)s3)s2)OC1(C)C. The fourth-order valence-electron chi connectivity index (χ4n) is 11.7. The van der Waals surface area contributed by atoms with Gasteiger partial charge in [0.05, 0.1) is 67.2 Å². The summed E-state index contributed by atoms with van der Waals surface area (Å²) in [6, 6.07) is 26.7. The van der Waals surface area contributed by atoms with E-state index < -0.39 is 110 Å². The van der Waals surface area contributed by atoms with Crippen molar-refractivity contribution in [1.29, 1.82) is 0 Å². The topological polar surface area (TPSA) is 111 Å². The van der Waals surface area contributed by atoms with Crippen molar-refractivity contribution in [3.8, 4) is 62.6 Å². The second kappa shape index (κ2) is 21.4. The lowest BCUT2D eigenvalue weighted by Gasteiger charge is -2.32. The molecule has 0 radical (unpaired) electrons. The average Bonchev–Trinajstić information content (AvgIpc) is 1.32. The van der Waals surface area contributed by atoms with Gasteiger partial charge in [-0.25, -0.2) is 0 Å². The molecule has 6 aromatic heterocycles. The molecule has 0 amide bonds.